The summed E-state index contributed by atoms with van der Waals surface area (Å²) in [7, 11) is 2.87. The van der Waals surface area contributed by atoms with Crippen LogP contribution in [-0.2, 0) is 15.3 Å². The van der Waals surface area contributed by atoms with Crippen molar-refractivity contribution in [3.8, 4) is 11.8 Å². The van der Waals surface area contributed by atoms with Crippen molar-refractivity contribution in [2.24, 2.45) is 5.73 Å². The Kier molecular flexibility index (Phi) is 6.91. The molecular formula is C14H18N2O3S. The number of thioether (sulfide) groups is 1. The van der Waals surface area contributed by atoms with Crippen molar-refractivity contribution in [1.29, 1.82) is 5.26 Å². The number of nitriles is 1. The first-order valence-corrected chi connectivity index (χ1v) is 7.26. The molecule has 0 aromatic heterocycles. The molecule has 0 saturated heterocycles. The van der Waals surface area contributed by atoms with E-state index in [2.05, 4.69) is 10.8 Å². The molecule has 0 bridgehead atoms. The van der Waals surface area contributed by atoms with Crippen LogP contribution in [0.5, 0.6) is 5.75 Å². The molecule has 0 aliphatic heterocycles. The van der Waals surface area contributed by atoms with E-state index in [9.17, 15) is 4.79 Å². The summed E-state index contributed by atoms with van der Waals surface area (Å²) in [4.78, 5) is 11.1. The van der Waals surface area contributed by atoms with E-state index in [1.165, 1.54) is 7.11 Å². The quantitative estimate of drug-likeness (QED) is 0.608. The number of carbonyl (C=O) groups is 1. The predicted octanol–water partition coefficient (Wildman–Crippen LogP) is 1.69. The number of hydrogen-bond acceptors (Lipinski definition) is 6. The normalized spacial score (nSPS) is 11.5. The molecule has 0 aliphatic carbocycles. The average Bonchev–Trinajstić information content (AvgIpc) is 2.50. The van der Waals surface area contributed by atoms with E-state index in [1.54, 1.807) is 24.9 Å². The van der Waals surface area contributed by atoms with Crippen LogP contribution in [0.3, 0.4) is 0 Å². The highest BCUT2D eigenvalue weighted by molar-refractivity contribution is 7.98. The zero-order chi connectivity index (χ0) is 15.0. The van der Waals surface area contributed by atoms with E-state index in [0.29, 0.717) is 17.7 Å². The summed E-state index contributed by atoms with van der Waals surface area (Å²) in [5.41, 5.74) is 7.21. The second-order valence-corrected chi connectivity index (χ2v) is 5.22. The lowest BCUT2D eigenvalue weighted by Gasteiger charge is -2.09. The molecule has 0 heterocycles. The monoisotopic (exact) mass is 294 g/mol. The summed E-state index contributed by atoms with van der Waals surface area (Å²) in [6.07, 6.45) is 0.568. The third-order valence-electron chi connectivity index (χ3n) is 2.73. The van der Waals surface area contributed by atoms with Crippen molar-refractivity contribution in [3.63, 3.8) is 0 Å². The molecule has 1 rings (SSSR count). The Hall–Kier alpha value is -1.71. The molecule has 20 heavy (non-hydrogen) atoms. The second kappa shape index (κ2) is 8.46. The summed E-state index contributed by atoms with van der Waals surface area (Å²) in [5.74, 6) is 1.70. The van der Waals surface area contributed by atoms with Gasteiger partial charge < -0.3 is 15.2 Å². The summed E-state index contributed by atoms with van der Waals surface area (Å²) in [6.45, 7) is 0. The predicted molar refractivity (Wildman–Crippen MR) is 78.5 cm³/mol. The topological polar surface area (TPSA) is 85.3 Å². The number of ether oxygens (including phenoxy) is 2. The van der Waals surface area contributed by atoms with Gasteiger partial charge in [-0.15, -0.1) is 0 Å². The van der Waals surface area contributed by atoms with Gasteiger partial charge in [-0.05, 0) is 29.9 Å². The Morgan fingerprint density at radius 3 is 2.85 bits per heavy atom. The molecule has 6 heteroatoms. The van der Waals surface area contributed by atoms with Crippen LogP contribution >= 0.6 is 11.8 Å². The molecule has 0 aliphatic rings. The minimum absolute atomic E-state index is 0.387. The number of benzene rings is 1. The third kappa shape index (κ3) is 4.76. The van der Waals surface area contributed by atoms with Gasteiger partial charge in [0.15, 0.2) is 0 Å². The van der Waals surface area contributed by atoms with Crippen molar-refractivity contribution < 1.29 is 14.3 Å². The fourth-order valence-corrected chi connectivity index (χ4v) is 2.58. The standard InChI is InChI=1S/C14H18N2O3S/c1-18-13-4-3-10(7-11(13)8-15)9-20-6-5-12(16)14(17)19-2/h3-4,7,12H,5-6,9,16H2,1-2H3. The first-order valence-electron chi connectivity index (χ1n) is 6.10. The van der Waals surface area contributed by atoms with E-state index >= 15 is 0 Å². The number of nitrogens with two attached hydrogens (primary N) is 1. The number of methoxy groups -OCH3 is 2. The third-order valence-corrected chi connectivity index (χ3v) is 3.79. The number of hydrogen-bond donors (Lipinski definition) is 1. The Bertz CT molecular complexity index is 500. The maximum Gasteiger partial charge on any atom is 0.322 e. The van der Waals surface area contributed by atoms with Gasteiger partial charge in [0.05, 0.1) is 19.8 Å². The fraction of sp³-hybridized carbons (Fsp3) is 0.429. The molecule has 0 radical (unpaired) electrons. The Balaban J connectivity index is 2.43. The SMILES string of the molecule is COC(=O)C(N)CCSCc1ccc(OC)c(C#N)c1. The molecule has 0 fully saturated rings. The minimum atomic E-state index is -0.571. The number of rotatable bonds is 7. The van der Waals surface area contributed by atoms with Gasteiger partial charge >= 0.3 is 5.97 Å². The van der Waals surface area contributed by atoms with Gasteiger partial charge in [-0.25, -0.2) is 0 Å². The van der Waals surface area contributed by atoms with E-state index < -0.39 is 6.04 Å². The zero-order valence-corrected chi connectivity index (χ0v) is 12.4. The van der Waals surface area contributed by atoms with E-state index in [-0.39, 0.29) is 5.97 Å². The molecule has 0 amide bonds. The number of nitrogens with zero attached hydrogens (tertiary/aromatic N) is 1. The van der Waals surface area contributed by atoms with E-state index in [4.69, 9.17) is 15.7 Å². The maximum absolute atomic E-state index is 11.1. The van der Waals surface area contributed by atoms with Crippen molar-refractivity contribution in [3.05, 3.63) is 29.3 Å². The van der Waals surface area contributed by atoms with E-state index in [0.717, 1.165) is 17.1 Å². The van der Waals surface area contributed by atoms with Crippen molar-refractivity contribution in [2.75, 3.05) is 20.0 Å². The molecule has 1 aromatic carbocycles. The van der Waals surface area contributed by atoms with Gasteiger partial charge in [0.25, 0.3) is 0 Å². The molecule has 1 atom stereocenters. The summed E-state index contributed by atoms with van der Waals surface area (Å²) < 4.78 is 9.65. The number of carbonyl (C=O) groups excluding carboxylic acids is 1. The highest BCUT2D eigenvalue weighted by Gasteiger charge is 2.12. The molecule has 0 spiro atoms. The minimum Gasteiger partial charge on any atom is -0.495 e. The molecule has 108 valence electrons. The first kappa shape index (κ1) is 16.3. The van der Waals surface area contributed by atoms with Crippen LogP contribution < -0.4 is 10.5 Å². The molecule has 1 unspecified atom stereocenters. The van der Waals surface area contributed by atoms with Crippen LogP contribution in [0.4, 0.5) is 0 Å². The molecule has 2 N–H and O–H groups in total. The van der Waals surface area contributed by atoms with Gasteiger partial charge in [-0.1, -0.05) is 6.07 Å². The van der Waals surface area contributed by atoms with Crippen LogP contribution in [0.15, 0.2) is 18.2 Å². The van der Waals surface area contributed by atoms with Gasteiger partial charge in [-0.3, -0.25) is 4.79 Å². The Labute approximate surface area is 123 Å². The Morgan fingerprint density at radius 1 is 1.50 bits per heavy atom. The van der Waals surface area contributed by atoms with Crippen LogP contribution in [0, 0.1) is 11.3 Å². The van der Waals surface area contributed by atoms with E-state index in [1.807, 2.05) is 12.1 Å². The van der Waals surface area contributed by atoms with Crippen molar-refractivity contribution in [2.45, 2.75) is 18.2 Å². The van der Waals surface area contributed by atoms with Gasteiger partial charge in [0, 0.05) is 5.75 Å². The lowest BCUT2D eigenvalue weighted by atomic mass is 10.1. The van der Waals surface area contributed by atoms with Crippen molar-refractivity contribution in [1.82, 2.24) is 0 Å². The van der Waals surface area contributed by atoms with Crippen molar-refractivity contribution >= 4 is 17.7 Å². The number of esters is 1. The highest BCUT2D eigenvalue weighted by atomic mass is 32.2. The molecule has 5 nitrogen and oxygen atoms in total. The smallest absolute Gasteiger partial charge is 0.322 e. The molecule has 0 saturated carbocycles. The van der Waals surface area contributed by atoms with Crippen LogP contribution in [0.1, 0.15) is 17.5 Å². The largest absolute Gasteiger partial charge is 0.495 e. The maximum atomic E-state index is 11.1. The van der Waals surface area contributed by atoms with Crippen LogP contribution in [-0.4, -0.2) is 32.0 Å². The summed E-state index contributed by atoms with van der Waals surface area (Å²) >= 11 is 1.66. The van der Waals surface area contributed by atoms with Crippen LogP contribution in [0.25, 0.3) is 0 Å². The molecule has 1 aromatic rings. The summed E-state index contributed by atoms with van der Waals surface area (Å²) in [5, 5.41) is 9.00. The lowest BCUT2D eigenvalue weighted by Crippen LogP contribution is -2.31. The lowest BCUT2D eigenvalue weighted by molar-refractivity contribution is -0.142. The summed E-state index contributed by atoms with van der Waals surface area (Å²) in [6, 6.07) is 7.05. The average molecular weight is 294 g/mol. The van der Waals surface area contributed by atoms with Gasteiger partial charge in [0.2, 0.25) is 0 Å². The van der Waals surface area contributed by atoms with Gasteiger partial charge in [-0.2, -0.15) is 17.0 Å². The first-order chi connectivity index (χ1) is 9.62. The van der Waals surface area contributed by atoms with Crippen LogP contribution in [0.2, 0.25) is 0 Å². The van der Waals surface area contributed by atoms with Gasteiger partial charge in [0.1, 0.15) is 17.9 Å². The fourth-order valence-electron chi connectivity index (χ4n) is 1.60. The highest BCUT2D eigenvalue weighted by Crippen LogP contribution is 2.22. The Morgan fingerprint density at radius 2 is 2.25 bits per heavy atom. The molecular weight excluding hydrogens is 276 g/mol. The zero-order valence-electron chi connectivity index (χ0n) is 11.6. The second-order valence-electron chi connectivity index (χ2n) is 4.12.